The Morgan fingerprint density at radius 2 is 1.95 bits per heavy atom. The van der Waals surface area contributed by atoms with Crippen molar-refractivity contribution in [3.8, 4) is 0 Å². The lowest BCUT2D eigenvalue weighted by Gasteiger charge is -1.98. The van der Waals surface area contributed by atoms with Crippen LogP contribution in [-0.2, 0) is 11.2 Å². The van der Waals surface area contributed by atoms with E-state index in [1.54, 1.807) is 12.1 Å². The van der Waals surface area contributed by atoms with Gasteiger partial charge in [-0.1, -0.05) is 12.1 Å². The number of aliphatic hydroxyl groups excluding tert-OH is 1. The first-order chi connectivity index (χ1) is 9.95. The van der Waals surface area contributed by atoms with E-state index in [1.165, 1.54) is 24.3 Å². The molecule has 0 spiro atoms. The number of aliphatic carboxylic acids is 1. The van der Waals surface area contributed by atoms with Gasteiger partial charge >= 0.3 is 5.97 Å². The van der Waals surface area contributed by atoms with E-state index in [2.05, 4.69) is 0 Å². The van der Waals surface area contributed by atoms with Crippen molar-refractivity contribution in [1.29, 1.82) is 0 Å². The summed E-state index contributed by atoms with van der Waals surface area (Å²) >= 11 is 0. The fourth-order valence-electron chi connectivity index (χ4n) is 1.71. The predicted molar refractivity (Wildman–Crippen MR) is 70.6 cm³/mol. The van der Waals surface area contributed by atoms with Crippen LogP contribution in [0.1, 0.15) is 21.9 Å². The maximum absolute atomic E-state index is 13.0. The largest absolute Gasteiger partial charge is 0.502 e. The number of benzene rings is 1. The summed E-state index contributed by atoms with van der Waals surface area (Å²) in [5.41, 5.74) is 0.673. The Labute approximate surface area is 118 Å². The summed E-state index contributed by atoms with van der Waals surface area (Å²) in [5.74, 6) is -3.48. The molecule has 0 bridgehead atoms. The van der Waals surface area contributed by atoms with E-state index in [0.717, 1.165) is 0 Å². The lowest BCUT2D eigenvalue weighted by Crippen LogP contribution is -2.03. The van der Waals surface area contributed by atoms with E-state index in [1.807, 2.05) is 0 Å². The molecule has 1 aromatic heterocycles. The van der Waals surface area contributed by atoms with Crippen LogP contribution in [0.25, 0.3) is 0 Å². The van der Waals surface area contributed by atoms with Crippen LogP contribution >= 0.6 is 0 Å². The van der Waals surface area contributed by atoms with Crippen molar-refractivity contribution >= 4 is 11.8 Å². The second kappa shape index (κ2) is 6.04. The Hall–Kier alpha value is -2.89. The fourth-order valence-corrected chi connectivity index (χ4v) is 1.71. The molecule has 0 aliphatic carbocycles. The zero-order valence-corrected chi connectivity index (χ0v) is 10.7. The lowest BCUT2D eigenvalue weighted by atomic mass is 10.1. The number of carboxylic acid groups (broad SMARTS) is 1. The maximum Gasteiger partial charge on any atom is 0.371 e. The monoisotopic (exact) mass is 290 g/mol. The van der Waals surface area contributed by atoms with Gasteiger partial charge in [-0.05, 0) is 29.8 Å². The van der Waals surface area contributed by atoms with Gasteiger partial charge in [-0.2, -0.15) is 0 Å². The van der Waals surface area contributed by atoms with E-state index >= 15 is 0 Å². The third-order valence-electron chi connectivity index (χ3n) is 2.66. The molecule has 6 heteroatoms. The number of ketones is 1. The number of hydrogen-bond donors (Lipinski definition) is 2. The second-order valence-corrected chi connectivity index (χ2v) is 4.27. The number of allylic oxidation sites excluding steroid dienone is 1. The van der Waals surface area contributed by atoms with Gasteiger partial charge in [0.25, 0.3) is 0 Å². The summed E-state index contributed by atoms with van der Waals surface area (Å²) in [6.07, 6.45) is 0.854. The maximum atomic E-state index is 13.0. The summed E-state index contributed by atoms with van der Waals surface area (Å²) in [7, 11) is 0. The molecule has 0 amide bonds. The number of rotatable bonds is 5. The predicted octanol–water partition coefficient (Wildman–Crippen LogP) is 2.72. The quantitative estimate of drug-likeness (QED) is 0.502. The van der Waals surface area contributed by atoms with Crippen molar-refractivity contribution in [2.75, 3.05) is 0 Å². The zero-order valence-electron chi connectivity index (χ0n) is 10.7. The third-order valence-corrected chi connectivity index (χ3v) is 2.66. The Balaban J connectivity index is 2.13. The first kappa shape index (κ1) is 14.5. The average Bonchev–Trinajstić information content (AvgIpc) is 2.87. The van der Waals surface area contributed by atoms with Crippen LogP contribution in [0.2, 0.25) is 0 Å². The fraction of sp³-hybridized carbons (Fsp3) is 0.0667. The van der Waals surface area contributed by atoms with Crippen LogP contribution in [0.5, 0.6) is 0 Å². The molecule has 0 saturated carbocycles. The Kier molecular flexibility index (Phi) is 4.18. The third kappa shape index (κ3) is 3.79. The van der Waals surface area contributed by atoms with Crippen molar-refractivity contribution < 1.29 is 28.6 Å². The molecule has 0 aliphatic rings. The average molecular weight is 290 g/mol. The smallest absolute Gasteiger partial charge is 0.371 e. The Bertz CT molecular complexity index is 714. The second-order valence-electron chi connectivity index (χ2n) is 4.27. The molecule has 2 rings (SSSR count). The minimum atomic E-state index is -1.60. The van der Waals surface area contributed by atoms with Crippen molar-refractivity contribution in [1.82, 2.24) is 0 Å². The van der Waals surface area contributed by atoms with Gasteiger partial charge in [-0.15, -0.1) is 0 Å². The van der Waals surface area contributed by atoms with Crippen molar-refractivity contribution in [3.05, 3.63) is 71.1 Å². The van der Waals surface area contributed by atoms with Gasteiger partial charge in [-0.25, -0.2) is 9.18 Å². The molecule has 2 aromatic rings. The van der Waals surface area contributed by atoms with E-state index in [-0.39, 0.29) is 11.6 Å². The molecular weight excluding hydrogens is 279 g/mol. The zero-order chi connectivity index (χ0) is 15.4. The van der Waals surface area contributed by atoms with E-state index < -0.39 is 17.5 Å². The lowest BCUT2D eigenvalue weighted by molar-refractivity contribution is -0.135. The Morgan fingerprint density at radius 3 is 2.62 bits per heavy atom. The van der Waals surface area contributed by atoms with Crippen molar-refractivity contribution in [2.45, 2.75) is 6.42 Å². The van der Waals surface area contributed by atoms with Gasteiger partial charge in [0.15, 0.2) is 5.76 Å². The molecule has 21 heavy (non-hydrogen) atoms. The van der Waals surface area contributed by atoms with Crippen molar-refractivity contribution in [2.24, 2.45) is 0 Å². The molecule has 0 radical (unpaired) electrons. The number of carbonyl (C=O) groups is 2. The first-order valence-electron chi connectivity index (χ1n) is 5.97. The normalized spacial score (nSPS) is 11.4. The van der Waals surface area contributed by atoms with Crippen LogP contribution in [0.3, 0.4) is 0 Å². The molecule has 0 atom stereocenters. The molecule has 2 N–H and O–H groups in total. The highest BCUT2D eigenvalue weighted by Crippen LogP contribution is 2.15. The van der Waals surface area contributed by atoms with Crippen LogP contribution in [-0.4, -0.2) is 22.0 Å². The molecule has 0 aliphatic heterocycles. The number of halogens is 1. The van der Waals surface area contributed by atoms with E-state index in [4.69, 9.17) is 14.6 Å². The molecule has 0 unspecified atom stereocenters. The number of aliphatic hydroxyl groups is 1. The topological polar surface area (TPSA) is 87.7 Å². The number of carboxylic acids is 1. The summed E-state index contributed by atoms with van der Waals surface area (Å²) in [6.45, 7) is 0. The molecule has 5 nitrogen and oxygen atoms in total. The summed E-state index contributed by atoms with van der Waals surface area (Å²) in [4.78, 5) is 22.0. The van der Waals surface area contributed by atoms with E-state index in [9.17, 15) is 14.0 Å². The molecule has 1 aromatic carbocycles. The number of carbonyl (C=O) groups excluding carboxylic acids is 1. The van der Waals surface area contributed by atoms with Gasteiger partial charge in [0.05, 0.1) is 0 Å². The molecule has 108 valence electrons. The van der Waals surface area contributed by atoms with Gasteiger partial charge in [-0.3, -0.25) is 4.79 Å². The molecule has 1 heterocycles. The first-order valence-corrected chi connectivity index (χ1v) is 5.97. The van der Waals surface area contributed by atoms with Gasteiger partial charge in [0, 0.05) is 12.5 Å². The summed E-state index contributed by atoms with van der Waals surface area (Å²) in [6, 6.07) is 8.84. The van der Waals surface area contributed by atoms with Crippen LogP contribution in [0.4, 0.5) is 4.39 Å². The van der Waals surface area contributed by atoms with Crippen LogP contribution in [0, 0.1) is 5.82 Å². The Morgan fingerprint density at radius 1 is 1.19 bits per heavy atom. The standard InChI is InChI=1S/C15H11FO5/c16-10-3-1-2-9(6-10)7-11-4-5-14(21-11)12(17)8-13(18)15(19)20/h1-6,8,18H,7H2,(H,19,20). The molecule has 0 saturated heterocycles. The van der Waals surface area contributed by atoms with E-state index in [0.29, 0.717) is 23.8 Å². The highest BCUT2D eigenvalue weighted by atomic mass is 19.1. The molecule has 0 fully saturated rings. The van der Waals surface area contributed by atoms with Gasteiger partial charge in [0.2, 0.25) is 11.5 Å². The minimum Gasteiger partial charge on any atom is -0.502 e. The van der Waals surface area contributed by atoms with Crippen molar-refractivity contribution in [3.63, 3.8) is 0 Å². The summed E-state index contributed by atoms with van der Waals surface area (Å²) < 4.78 is 18.3. The number of furan rings is 1. The summed E-state index contributed by atoms with van der Waals surface area (Å²) in [5, 5.41) is 17.5. The van der Waals surface area contributed by atoms with Gasteiger partial charge < -0.3 is 14.6 Å². The highest BCUT2D eigenvalue weighted by Gasteiger charge is 2.13. The number of hydrogen-bond acceptors (Lipinski definition) is 4. The minimum absolute atomic E-state index is 0.103. The molecular formula is C15H11FO5. The SMILES string of the molecule is O=C(O)C(O)=CC(=O)c1ccc(Cc2cccc(F)c2)o1. The van der Waals surface area contributed by atoms with Crippen LogP contribution in [0.15, 0.2) is 52.7 Å². The van der Waals surface area contributed by atoms with Gasteiger partial charge in [0.1, 0.15) is 11.6 Å². The highest BCUT2D eigenvalue weighted by molar-refractivity contribution is 6.06. The van der Waals surface area contributed by atoms with Crippen LogP contribution < -0.4 is 0 Å².